The second-order valence-electron chi connectivity index (χ2n) is 2.37. The van der Waals surface area contributed by atoms with Crippen molar-refractivity contribution in [2.24, 2.45) is 11.7 Å². The fourth-order valence-corrected chi connectivity index (χ4v) is 0.285. The molecule has 0 heterocycles. The number of nitrogens with two attached hydrogens (primary N) is 1. The zero-order valence-electron chi connectivity index (χ0n) is 7.85. The Labute approximate surface area is 100.0 Å². The topological polar surface area (TPSA) is 124 Å². The molecule has 72 valence electrons. The van der Waals surface area contributed by atoms with Crippen LogP contribution in [0.4, 0.5) is 0 Å². The Hall–Kier alpha value is 0.0469. The molecule has 0 bridgehead atoms. The van der Waals surface area contributed by atoms with Crippen LogP contribution in [0.5, 0.6) is 0 Å². The van der Waals surface area contributed by atoms with Gasteiger partial charge in [-0.2, -0.15) is 0 Å². The van der Waals surface area contributed by atoms with E-state index in [1.807, 2.05) is 0 Å². The molecule has 0 amide bonds. The maximum atomic E-state index is 10.0. The van der Waals surface area contributed by atoms with Gasteiger partial charge in [-0.25, -0.2) is 0 Å². The van der Waals surface area contributed by atoms with Crippen molar-refractivity contribution in [1.29, 1.82) is 0 Å². The van der Waals surface area contributed by atoms with Gasteiger partial charge in [-0.05, 0) is 5.92 Å². The molecule has 0 saturated carbocycles. The molecule has 0 aromatic heterocycles. The molecule has 1 atom stereocenters. The first-order chi connectivity index (χ1) is 5.29. The molecular weight excluding hydrogens is 205 g/mol. The minimum absolute atomic E-state index is 0. The normalized spacial score (nSPS) is 10.5. The molecule has 0 saturated heterocycles. The maximum absolute atomic E-state index is 10.0. The van der Waals surface area contributed by atoms with Gasteiger partial charge in [0.25, 0.3) is 0 Å². The molecule has 13 heavy (non-hydrogen) atoms. The van der Waals surface area contributed by atoms with Crippen molar-refractivity contribution in [3.8, 4) is 0 Å². The molecule has 4 N–H and O–H groups in total. The summed E-state index contributed by atoms with van der Waals surface area (Å²) in [6.07, 6.45) is 0. The van der Waals surface area contributed by atoms with Gasteiger partial charge in [-0.3, -0.25) is 4.79 Å². The number of hydrogen-bond donors (Lipinski definition) is 3. The van der Waals surface area contributed by atoms with E-state index in [9.17, 15) is 4.79 Å². The Bertz CT molecular complexity index is 161. The van der Waals surface area contributed by atoms with Gasteiger partial charge in [0.05, 0.1) is 0 Å². The SMILES string of the molecule is CC(C)[C@H](N)C(=O)O.O=[Si]([O-])O.[Na+]. The fourth-order valence-electron chi connectivity index (χ4n) is 0.285. The van der Waals surface area contributed by atoms with Crippen LogP contribution < -0.4 is 40.1 Å². The second-order valence-corrected chi connectivity index (χ2v) is 2.91. The first-order valence-corrected chi connectivity index (χ1v) is 4.43. The van der Waals surface area contributed by atoms with Gasteiger partial charge in [0.2, 0.25) is 0 Å². The summed E-state index contributed by atoms with van der Waals surface area (Å²) in [4.78, 5) is 25.7. The van der Waals surface area contributed by atoms with Crippen molar-refractivity contribution in [2.75, 3.05) is 0 Å². The summed E-state index contributed by atoms with van der Waals surface area (Å²) >= 11 is 0. The molecular formula is C5H12NNaO5Si. The Balaban J connectivity index is -0.000000173. The molecule has 0 aromatic carbocycles. The summed E-state index contributed by atoms with van der Waals surface area (Å²) in [7, 11) is -3.38. The van der Waals surface area contributed by atoms with Crippen LogP contribution >= 0.6 is 0 Å². The minimum atomic E-state index is -3.38. The van der Waals surface area contributed by atoms with Crippen molar-refractivity contribution in [3.63, 3.8) is 0 Å². The van der Waals surface area contributed by atoms with Crippen molar-refractivity contribution in [2.45, 2.75) is 19.9 Å². The van der Waals surface area contributed by atoms with Crippen LogP contribution in [-0.4, -0.2) is 31.1 Å². The van der Waals surface area contributed by atoms with Crippen LogP contribution in [0.2, 0.25) is 0 Å². The molecule has 0 aliphatic carbocycles. The van der Waals surface area contributed by atoms with E-state index in [-0.39, 0.29) is 35.5 Å². The molecule has 0 radical (unpaired) electrons. The second kappa shape index (κ2) is 10.1. The number of carbonyl (C=O) groups is 1. The quantitative estimate of drug-likeness (QED) is 0.397. The Kier molecular flexibility index (Phi) is 14.6. The number of rotatable bonds is 2. The number of carboxylic acids is 1. The van der Waals surface area contributed by atoms with Gasteiger partial charge in [0.1, 0.15) is 6.04 Å². The third kappa shape index (κ3) is 18.8. The third-order valence-corrected chi connectivity index (χ3v) is 1.00. The third-order valence-electron chi connectivity index (χ3n) is 1.00. The Morgan fingerprint density at radius 2 is 1.77 bits per heavy atom. The Morgan fingerprint density at radius 3 is 1.77 bits per heavy atom. The van der Waals surface area contributed by atoms with Crippen LogP contribution in [0, 0.1) is 5.92 Å². The molecule has 8 heteroatoms. The summed E-state index contributed by atoms with van der Waals surface area (Å²) in [5, 5.41) is 8.23. The summed E-state index contributed by atoms with van der Waals surface area (Å²) in [6.45, 7) is 3.55. The summed E-state index contributed by atoms with van der Waals surface area (Å²) in [6, 6.07) is -0.713. The van der Waals surface area contributed by atoms with E-state index in [0.717, 1.165) is 0 Å². The van der Waals surface area contributed by atoms with E-state index in [0.29, 0.717) is 0 Å². The van der Waals surface area contributed by atoms with E-state index in [1.165, 1.54) is 0 Å². The average Bonchev–Trinajstić information content (AvgIpc) is 1.84. The van der Waals surface area contributed by atoms with Crippen molar-refractivity contribution in [1.82, 2.24) is 0 Å². The van der Waals surface area contributed by atoms with E-state index in [2.05, 4.69) is 0 Å². The molecule has 0 spiro atoms. The van der Waals surface area contributed by atoms with Crippen molar-refractivity contribution >= 4 is 15.1 Å². The summed E-state index contributed by atoms with van der Waals surface area (Å²) in [5.74, 6) is -0.910. The van der Waals surface area contributed by atoms with Crippen LogP contribution in [0.15, 0.2) is 0 Å². The molecule has 6 nitrogen and oxygen atoms in total. The largest absolute Gasteiger partial charge is 1.00 e. The molecule has 0 aliphatic heterocycles. The monoisotopic (exact) mass is 217 g/mol. The van der Waals surface area contributed by atoms with Gasteiger partial charge in [0.15, 0.2) is 0 Å². The van der Waals surface area contributed by atoms with Crippen LogP contribution in [0.3, 0.4) is 0 Å². The van der Waals surface area contributed by atoms with Gasteiger partial charge in [-0.1, -0.05) is 13.8 Å². The summed E-state index contributed by atoms with van der Waals surface area (Å²) < 4.78 is 8.63. The van der Waals surface area contributed by atoms with Crippen molar-refractivity contribution < 1.29 is 53.5 Å². The number of aliphatic carboxylic acids is 1. The van der Waals surface area contributed by atoms with E-state index in [4.69, 9.17) is 24.9 Å². The van der Waals surface area contributed by atoms with Crippen LogP contribution in [-0.2, 0) is 9.26 Å². The minimum Gasteiger partial charge on any atom is -0.604 e. The average molecular weight is 217 g/mol. The maximum Gasteiger partial charge on any atom is 1.00 e. The standard InChI is InChI=1S/C5H11NO2.Na.HO3Si/c1-3(2)4(6)5(7)8;;1-4(2)3/h3-4H,6H2,1-2H3,(H,7,8);;1H/q;+1;-1/t4-;;/m0../s1. The predicted octanol–water partition coefficient (Wildman–Crippen LogP) is -5.19. The van der Waals surface area contributed by atoms with E-state index >= 15 is 0 Å². The van der Waals surface area contributed by atoms with E-state index < -0.39 is 21.2 Å². The fraction of sp³-hybridized carbons (Fsp3) is 0.800. The molecule has 0 rings (SSSR count). The predicted molar refractivity (Wildman–Crippen MR) is 39.1 cm³/mol. The molecule has 0 aliphatic rings. The first kappa shape index (κ1) is 18.8. The van der Waals surface area contributed by atoms with E-state index in [1.54, 1.807) is 13.8 Å². The molecule has 0 aromatic rings. The number of hydrogen-bond acceptors (Lipinski definition) is 4. The zero-order valence-corrected chi connectivity index (χ0v) is 10.9. The number of carboxylic acid groups (broad SMARTS) is 1. The van der Waals surface area contributed by atoms with Gasteiger partial charge in [-0.15, -0.1) is 0 Å². The van der Waals surface area contributed by atoms with Crippen molar-refractivity contribution in [3.05, 3.63) is 0 Å². The van der Waals surface area contributed by atoms with Gasteiger partial charge < -0.3 is 24.9 Å². The molecule has 0 unspecified atom stereocenters. The first-order valence-electron chi connectivity index (χ1n) is 3.17. The van der Waals surface area contributed by atoms with Gasteiger partial charge in [0, 0.05) is 0 Å². The van der Waals surface area contributed by atoms with Crippen LogP contribution in [0.25, 0.3) is 0 Å². The Morgan fingerprint density at radius 1 is 1.54 bits per heavy atom. The van der Waals surface area contributed by atoms with Crippen LogP contribution in [0.1, 0.15) is 13.8 Å². The summed E-state index contributed by atoms with van der Waals surface area (Å²) in [5.41, 5.74) is 5.16. The molecule has 0 fully saturated rings. The zero-order chi connectivity index (χ0) is 10.3. The van der Waals surface area contributed by atoms with Gasteiger partial charge >= 0.3 is 44.7 Å². The smallest absolute Gasteiger partial charge is 0.604 e.